The third-order valence-corrected chi connectivity index (χ3v) is 0.667. The Bertz CT molecular complexity index is 94.9. The normalized spacial score (nSPS) is 6.00. The Morgan fingerprint density at radius 3 is 1.00 bits per heavy atom. The van der Waals surface area contributed by atoms with Crippen molar-refractivity contribution < 1.29 is 9.41 Å². The quantitative estimate of drug-likeness (QED) is 0.596. The van der Waals surface area contributed by atoms with Crippen molar-refractivity contribution in [1.29, 1.82) is 0 Å². The first-order valence-corrected chi connectivity index (χ1v) is 4.10. The topological polar surface area (TPSA) is 0 Å². The van der Waals surface area contributed by atoms with Crippen LogP contribution < -0.4 is 0 Å². The molecule has 1 aromatic rings. The van der Waals surface area contributed by atoms with Crippen molar-refractivity contribution in [3.05, 3.63) is 36.4 Å². The van der Waals surface area contributed by atoms with E-state index in [2.05, 4.69) is 15.9 Å². The second kappa shape index (κ2) is 16.3. The summed E-state index contributed by atoms with van der Waals surface area (Å²) in [6, 6.07) is 12.0. The maximum atomic E-state index is 3.15. The number of alkyl halides is 1. The Kier molecular flexibility index (Phi) is 25.0. The lowest BCUT2D eigenvalue weighted by Gasteiger charge is -1.69. The first-order valence-electron chi connectivity index (χ1n) is 2.97. The molecule has 0 spiro atoms. The fourth-order valence-corrected chi connectivity index (χ4v) is 0.385. The second-order valence-corrected chi connectivity index (χ2v) is 2.54. The minimum atomic E-state index is 0. The number of hydrogen-bond donors (Lipinski definition) is 0. The molecule has 66 valence electrons. The van der Waals surface area contributed by atoms with Crippen LogP contribution in [0.1, 0.15) is 6.92 Å². The summed E-state index contributed by atoms with van der Waals surface area (Å²) >= 11 is 3.15. The van der Waals surface area contributed by atoms with Crippen LogP contribution in [-0.2, 0) is 0 Å². The molecular formula is C8H13BrF2. The molecule has 0 nitrogen and oxygen atoms in total. The van der Waals surface area contributed by atoms with Gasteiger partial charge >= 0.3 is 0 Å². The first-order chi connectivity index (χ1) is 4.41. The molecule has 0 radical (unpaired) electrons. The zero-order valence-electron chi connectivity index (χ0n) is 6.37. The van der Waals surface area contributed by atoms with Crippen molar-refractivity contribution in [2.24, 2.45) is 0 Å². The Labute approximate surface area is 74.5 Å². The van der Waals surface area contributed by atoms with Crippen LogP contribution in [0.5, 0.6) is 0 Å². The zero-order chi connectivity index (χ0) is 6.95. The number of hydrogen-bond acceptors (Lipinski definition) is 0. The summed E-state index contributed by atoms with van der Waals surface area (Å²) in [5.41, 5.74) is 0. The van der Waals surface area contributed by atoms with Crippen LogP contribution in [0.3, 0.4) is 0 Å². The van der Waals surface area contributed by atoms with Gasteiger partial charge < -0.3 is 0 Å². The minimum Gasteiger partial charge on any atom is -0.269 e. The highest BCUT2D eigenvalue weighted by Crippen LogP contribution is 1.79. The maximum absolute atomic E-state index is 3.15. The third-order valence-electron chi connectivity index (χ3n) is 0.667. The standard InChI is InChI=1S/C6H6.C2H5Br.2FH/c1-2-4-6-5-3-1;1-2-3;;/h1-6H;2H2,1H3;2*1H. The average Bonchev–Trinajstić information content (AvgIpc) is 1.93. The molecule has 1 aromatic carbocycles. The molecule has 0 N–H and O–H groups in total. The molecular weight excluding hydrogens is 214 g/mol. The minimum absolute atomic E-state index is 0. The van der Waals surface area contributed by atoms with E-state index in [9.17, 15) is 0 Å². The largest absolute Gasteiger partial charge is 0.269 e. The Hall–Kier alpha value is -0.440. The lowest BCUT2D eigenvalue weighted by atomic mass is 10.4. The van der Waals surface area contributed by atoms with Crippen molar-refractivity contribution in [3.8, 4) is 0 Å². The molecule has 0 saturated heterocycles. The van der Waals surface area contributed by atoms with Gasteiger partial charge in [-0.1, -0.05) is 59.3 Å². The van der Waals surface area contributed by atoms with Gasteiger partial charge in [0.05, 0.1) is 0 Å². The van der Waals surface area contributed by atoms with Gasteiger partial charge in [-0.2, -0.15) is 0 Å². The monoisotopic (exact) mass is 226 g/mol. The lowest BCUT2D eigenvalue weighted by molar-refractivity contribution is 1.11. The molecule has 0 atom stereocenters. The van der Waals surface area contributed by atoms with Crippen LogP contribution >= 0.6 is 15.9 Å². The van der Waals surface area contributed by atoms with Crippen LogP contribution in [0.2, 0.25) is 0 Å². The van der Waals surface area contributed by atoms with E-state index in [-0.39, 0.29) is 9.41 Å². The van der Waals surface area contributed by atoms with Crippen molar-refractivity contribution in [3.63, 3.8) is 0 Å². The Morgan fingerprint density at radius 2 is 0.909 bits per heavy atom. The maximum Gasteiger partial charge on any atom is 0.000281 e. The smallest absolute Gasteiger partial charge is 0.000281 e. The van der Waals surface area contributed by atoms with Crippen LogP contribution in [-0.4, -0.2) is 5.33 Å². The van der Waals surface area contributed by atoms with E-state index in [1.165, 1.54) is 0 Å². The van der Waals surface area contributed by atoms with Crippen molar-refractivity contribution in [2.75, 3.05) is 5.33 Å². The van der Waals surface area contributed by atoms with E-state index in [0.29, 0.717) is 0 Å². The highest BCUT2D eigenvalue weighted by Gasteiger charge is 1.57. The van der Waals surface area contributed by atoms with Gasteiger partial charge in [0.2, 0.25) is 0 Å². The molecule has 0 aliphatic rings. The van der Waals surface area contributed by atoms with Crippen molar-refractivity contribution in [1.82, 2.24) is 0 Å². The highest BCUT2D eigenvalue weighted by atomic mass is 79.9. The van der Waals surface area contributed by atoms with E-state index in [1.807, 2.05) is 43.3 Å². The van der Waals surface area contributed by atoms with Gasteiger partial charge in [-0.3, -0.25) is 9.41 Å². The SMILES string of the molecule is CCBr.F.F.c1ccccc1. The lowest BCUT2D eigenvalue weighted by Crippen LogP contribution is -1.47. The second-order valence-electron chi connectivity index (χ2n) is 1.42. The summed E-state index contributed by atoms with van der Waals surface area (Å²) in [6.45, 7) is 2.04. The van der Waals surface area contributed by atoms with Crippen LogP contribution in [0.15, 0.2) is 36.4 Å². The highest BCUT2D eigenvalue weighted by molar-refractivity contribution is 9.09. The van der Waals surface area contributed by atoms with Crippen molar-refractivity contribution >= 4 is 15.9 Å². The fraction of sp³-hybridized carbons (Fsp3) is 0.250. The molecule has 0 heterocycles. The molecule has 0 saturated carbocycles. The summed E-state index contributed by atoms with van der Waals surface area (Å²) in [6.07, 6.45) is 0. The first kappa shape index (κ1) is 16.9. The molecule has 0 aliphatic carbocycles. The van der Waals surface area contributed by atoms with Gasteiger partial charge in [0.25, 0.3) is 0 Å². The van der Waals surface area contributed by atoms with E-state index in [0.717, 1.165) is 5.33 Å². The predicted molar refractivity (Wildman–Crippen MR) is 50.9 cm³/mol. The molecule has 1 rings (SSSR count). The summed E-state index contributed by atoms with van der Waals surface area (Å²) in [5.74, 6) is 0. The predicted octanol–water partition coefficient (Wildman–Crippen LogP) is 3.39. The number of rotatable bonds is 0. The Morgan fingerprint density at radius 1 is 0.818 bits per heavy atom. The van der Waals surface area contributed by atoms with Crippen LogP contribution in [0, 0.1) is 0 Å². The molecule has 0 aliphatic heterocycles. The summed E-state index contributed by atoms with van der Waals surface area (Å²) in [7, 11) is 0. The van der Waals surface area contributed by atoms with Crippen molar-refractivity contribution in [2.45, 2.75) is 6.92 Å². The Balaban J connectivity index is -0.000000116. The van der Waals surface area contributed by atoms with Gasteiger partial charge in [0.15, 0.2) is 0 Å². The van der Waals surface area contributed by atoms with Gasteiger partial charge in [-0.15, -0.1) is 0 Å². The van der Waals surface area contributed by atoms with Gasteiger partial charge in [-0.25, -0.2) is 0 Å². The van der Waals surface area contributed by atoms with Crippen LogP contribution in [0.25, 0.3) is 0 Å². The van der Waals surface area contributed by atoms with E-state index in [1.54, 1.807) is 0 Å². The third kappa shape index (κ3) is 17.7. The van der Waals surface area contributed by atoms with E-state index >= 15 is 0 Å². The van der Waals surface area contributed by atoms with Gasteiger partial charge in [-0.05, 0) is 0 Å². The number of benzene rings is 1. The van der Waals surface area contributed by atoms with Gasteiger partial charge in [0.1, 0.15) is 0 Å². The molecule has 0 bridgehead atoms. The zero-order valence-corrected chi connectivity index (χ0v) is 7.95. The molecule has 0 fully saturated rings. The van der Waals surface area contributed by atoms with E-state index in [4.69, 9.17) is 0 Å². The summed E-state index contributed by atoms with van der Waals surface area (Å²) in [5, 5.41) is 1.06. The molecule has 11 heavy (non-hydrogen) atoms. The fourth-order valence-electron chi connectivity index (χ4n) is 0.385. The average molecular weight is 227 g/mol. The number of halogens is 3. The molecule has 0 aromatic heterocycles. The molecule has 3 heteroatoms. The van der Waals surface area contributed by atoms with Gasteiger partial charge in [0, 0.05) is 5.33 Å². The summed E-state index contributed by atoms with van der Waals surface area (Å²) < 4.78 is 0. The van der Waals surface area contributed by atoms with E-state index < -0.39 is 0 Å². The van der Waals surface area contributed by atoms with Crippen LogP contribution in [0.4, 0.5) is 9.41 Å². The molecule has 0 amide bonds. The summed E-state index contributed by atoms with van der Waals surface area (Å²) in [4.78, 5) is 0. The molecule has 0 unspecified atom stereocenters.